The lowest BCUT2D eigenvalue weighted by molar-refractivity contribution is -0.141. The molecule has 0 aliphatic heterocycles. The van der Waals surface area contributed by atoms with Gasteiger partial charge in [0.1, 0.15) is 5.82 Å². The van der Waals surface area contributed by atoms with E-state index in [1.807, 2.05) is 5.32 Å². The Kier molecular flexibility index (Phi) is 6.01. The Morgan fingerprint density at radius 1 is 1.29 bits per heavy atom. The SMILES string of the molecule is CC(CCCNC(=O)Nc1cc(F)cc(F)c1F)C(=O)O. The monoisotopic (exact) mass is 304 g/mol. The number of aliphatic carboxylic acids is 1. The van der Waals surface area contributed by atoms with E-state index in [2.05, 4.69) is 5.32 Å². The highest BCUT2D eigenvalue weighted by Gasteiger charge is 2.14. The number of rotatable bonds is 6. The first-order valence-electron chi connectivity index (χ1n) is 6.23. The average Bonchev–Trinajstić information content (AvgIpc) is 2.40. The standard InChI is InChI=1S/C13H15F3N2O3/c1-7(12(19)20)3-2-4-17-13(21)18-10-6-8(14)5-9(15)11(10)16/h5-7H,2-4H2,1H3,(H,19,20)(H2,17,18,21). The molecule has 0 saturated carbocycles. The second-order valence-electron chi connectivity index (χ2n) is 4.51. The molecular formula is C13H15F3N2O3. The maximum Gasteiger partial charge on any atom is 0.319 e. The van der Waals surface area contributed by atoms with Crippen LogP contribution in [-0.2, 0) is 4.79 Å². The third-order valence-electron chi connectivity index (χ3n) is 2.76. The van der Waals surface area contributed by atoms with Crippen molar-refractivity contribution in [1.29, 1.82) is 0 Å². The van der Waals surface area contributed by atoms with Gasteiger partial charge in [0.2, 0.25) is 0 Å². The quantitative estimate of drug-likeness (QED) is 0.558. The summed E-state index contributed by atoms with van der Waals surface area (Å²) in [7, 11) is 0. The van der Waals surface area contributed by atoms with Gasteiger partial charge in [-0.1, -0.05) is 6.92 Å². The highest BCUT2D eigenvalue weighted by atomic mass is 19.2. The predicted octanol–water partition coefficient (Wildman–Crippen LogP) is 2.73. The molecule has 0 fully saturated rings. The number of hydrogen-bond donors (Lipinski definition) is 3. The fourth-order valence-corrected chi connectivity index (χ4v) is 1.55. The minimum absolute atomic E-state index is 0.156. The van der Waals surface area contributed by atoms with Gasteiger partial charge >= 0.3 is 12.0 Å². The summed E-state index contributed by atoms with van der Waals surface area (Å²) in [6.07, 6.45) is 0.763. The molecule has 1 aromatic rings. The molecule has 0 aliphatic rings. The Balaban J connectivity index is 2.43. The number of halogens is 3. The molecule has 1 aromatic carbocycles. The number of hydrogen-bond acceptors (Lipinski definition) is 2. The molecule has 1 unspecified atom stereocenters. The number of carbonyl (C=O) groups is 2. The largest absolute Gasteiger partial charge is 0.481 e. The van der Waals surface area contributed by atoms with Crippen LogP contribution in [0.1, 0.15) is 19.8 Å². The summed E-state index contributed by atoms with van der Waals surface area (Å²) in [5, 5.41) is 13.0. The van der Waals surface area contributed by atoms with E-state index in [0.29, 0.717) is 25.0 Å². The van der Waals surface area contributed by atoms with Gasteiger partial charge in [-0.2, -0.15) is 0 Å². The Morgan fingerprint density at radius 2 is 1.95 bits per heavy atom. The molecular weight excluding hydrogens is 289 g/mol. The maximum absolute atomic E-state index is 13.3. The van der Waals surface area contributed by atoms with Crippen LogP contribution < -0.4 is 10.6 Å². The fourth-order valence-electron chi connectivity index (χ4n) is 1.55. The molecule has 3 N–H and O–H groups in total. The normalized spacial score (nSPS) is 11.8. The first kappa shape index (κ1) is 16.8. The van der Waals surface area contributed by atoms with Crippen molar-refractivity contribution in [3.8, 4) is 0 Å². The van der Waals surface area contributed by atoms with Crippen LogP contribution in [0.15, 0.2) is 12.1 Å². The Morgan fingerprint density at radius 3 is 2.57 bits per heavy atom. The van der Waals surface area contributed by atoms with Crippen LogP contribution in [0.2, 0.25) is 0 Å². The number of anilines is 1. The van der Waals surface area contributed by atoms with Gasteiger partial charge in [-0.25, -0.2) is 18.0 Å². The Labute approximate surface area is 119 Å². The number of urea groups is 1. The minimum Gasteiger partial charge on any atom is -0.481 e. The van der Waals surface area contributed by atoms with Gasteiger partial charge in [0.05, 0.1) is 11.6 Å². The molecule has 0 radical (unpaired) electrons. The van der Waals surface area contributed by atoms with Crippen molar-refractivity contribution in [1.82, 2.24) is 5.32 Å². The topological polar surface area (TPSA) is 78.4 Å². The van der Waals surface area contributed by atoms with Crippen LogP contribution in [0.3, 0.4) is 0 Å². The average molecular weight is 304 g/mol. The zero-order valence-electron chi connectivity index (χ0n) is 11.3. The first-order chi connectivity index (χ1) is 9.81. The van der Waals surface area contributed by atoms with Gasteiger partial charge in [0.15, 0.2) is 11.6 Å². The molecule has 0 aliphatic carbocycles. The lowest BCUT2D eigenvalue weighted by atomic mass is 10.1. The molecule has 21 heavy (non-hydrogen) atoms. The van der Waals surface area contributed by atoms with Gasteiger partial charge in [0.25, 0.3) is 0 Å². The van der Waals surface area contributed by atoms with E-state index in [4.69, 9.17) is 5.11 Å². The van der Waals surface area contributed by atoms with E-state index in [9.17, 15) is 22.8 Å². The number of carbonyl (C=O) groups excluding carboxylic acids is 1. The molecule has 5 nitrogen and oxygen atoms in total. The molecule has 0 spiro atoms. The second-order valence-corrected chi connectivity index (χ2v) is 4.51. The van der Waals surface area contributed by atoms with E-state index in [1.54, 1.807) is 0 Å². The van der Waals surface area contributed by atoms with Crippen molar-refractivity contribution >= 4 is 17.7 Å². The minimum atomic E-state index is -1.40. The van der Waals surface area contributed by atoms with E-state index in [-0.39, 0.29) is 6.54 Å². The molecule has 2 amide bonds. The van der Waals surface area contributed by atoms with Crippen molar-refractivity contribution in [3.63, 3.8) is 0 Å². The van der Waals surface area contributed by atoms with Gasteiger partial charge in [-0.3, -0.25) is 4.79 Å². The first-order valence-corrected chi connectivity index (χ1v) is 6.23. The number of amides is 2. The molecule has 8 heteroatoms. The van der Waals surface area contributed by atoms with Crippen LogP contribution in [0.4, 0.5) is 23.7 Å². The number of carboxylic acid groups (broad SMARTS) is 1. The van der Waals surface area contributed by atoms with Crippen LogP contribution >= 0.6 is 0 Å². The highest BCUT2D eigenvalue weighted by molar-refractivity contribution is 5.89. The zero-order chi connectivity index (χ0) is 16.0. The maximum atomic E-state index is 13.3. The summed E-state index contributed by atoms with van der Waals surface area (Å²) in [6.45, 7) is 1.69. The summed E-state index contributed by atoms with van der Waals surface area (Å²) >= 11 is 0. The van der Waals surface area contributed by atoms with E-state index in [1.165, 1.54) is 6.92 Å². The third-order valence-corrected chi connectivity index (χ3v) is 2.76. The smallest absolute Gasteiger partial charge is 0.319 e. The Hall–Kier alpha value is -2.25. The molecule has 0 saturated heterocycles. The summed E-state index contributed by atoms with van der Waals surface area (Å²) in [4.78, 5) is 22.0. The fraction of sp³-hybridized carbons (Fsp3) is 0.385. The molecule has 0 bridgehead atoms. The number of nitrogens with one attached hydrogen (secondary N) is 2. The number of carboxylic acids is 1. The van der Waals surface area contributed by atoms with Gasteiger partial charge in [-0.05, 0) is 12.8 Å². The van der Waals surface area contributed by atoms with Crippen LogP contribution in [0, 0.1) is 23.4 Å². The van der Waals surface area contributed by atoms with Crippen molar-refractivity contribution in [2.75, 3.05) is 11.9 Å². The van der Waals surface area contributed by atoms with Gasteiger partial charge < -0.3 is 15.7 Å². The van der Waals surface area contributed by atoms with Crippen LogP contribution in [0.25, 0.3) is 0 Å². The molecule has 1 atom stereocenters. The van der Waals surface area contributed by atoms with Gasteiger partial charge in [0, 0.05) is 18.7 Å². The molecule has 1 rings (SSSR count). The second kappa shape index (κ2) is 7.51. The summed E-state index contributed by atoms with van der Waals surface area (Å²) in [5.41, 5.74) is -0.607. The van der Waals surface area contributed by atoms with Crippen molar-refractivity contribution in [2.45, 2.75) is 19.8 Å². The van der Waals surface area contributed by atoms with E-state index in [0.717, 1.165) is 0 Å². The molecule has 0 aromatic heterocycles. The van der Waals surface area contributed by atoms with E-state index >= 15 is 0 Å². The third kappa shape index (κ3) is 5.33. The van der Waals surface area contributed by atoms with Crippen molar-refractivity contribution in [3.05, 3.63) is 29.6 Å². The van der Waals surface area contributed by atoms with Crippen LogP contribution in [0.5, 0.6) is 0 Å². The van der Waals surface area contributed by atoms with E-state index < -0.39 is 41.1 Å². The lowest BCUT2D eigenvalue weighted by Gasteiger charge is -2.10. The van der Waals surface area contributed by atoms with Crippen molar-refractivity contribution in [2.24, 2.45) is 5.92 Å². The molecule has 0 heterocycles. The number of benzene rings is 1. The lowest BCUT2D eigenvalue weighted by Crippen LogP contribution is -2.30. The Bertz CT molecular complexity index is 538. The summed E-state index contributed by atoms with van der Waals surface area (Å²) in [6, 6.07) is 0.192. The van der Waals surface area contributed by atoms with Crippen molar-refractivity contribution < 1.29 is 27.9 Å². The summed E-state index contributed by atoms with van der Waals surface area (Å²) in [5.74, 6) is -5.24. The highest BCUT2D eigenvalue weighted by Crippen LogP contribution is 2.18. The zero-order valence-corrected chi connectivity index (χ0v) is 11.3. The van der Waals surface area contributed by atoms with Gasteiger partial charge in [-0.15, -0.1) is 0 Å². The molecule has 116 valence electrons. The summed E-state index contributed by atoms with van der Waals surface area (Å²) < 4.78 is 39.1. The predicted molar refractivity (Wildman–Crippen MR) is 69.4 cm³/mol. The van der Waals surface area contributed by atoms with Crippen LogP contribution in [-0.4, -0.2) is 23.7 Å².